The smallest absolute Gasteiger partial charge is 0.0354 e. The maximum atomic E-state index is 2.49. The number of hydrogen-bond donors (Lipinski definition) is 0. The van der Waals surface area contributed by atoms with Crippen molar-refractivity contribution in [3.05, 3.63) is 0 Å². The van der Waals surface area contributed by atoms with Gasteiger partial charge in [-0.3, -0.25) is 0 Å². The second-order valence-electron chi connectivity index (χ2n) is 7.34. The third-order valence-corrected chi connectivity index (χ3v) is 5.01. The van der Waals surface area contributed by atoms with Gasteiger partial charge in [0.25, 0.3) is 0 Å². The first kappa shape index (κ1) is 16.1. The summed E-state index contributed by atoms with van der Waals surface area (Å²) in [5.74, 6) is 1.02. The minimum atomic E-state index is 0.600. The summed E-state index contributed by atoms with van der Waals surface area (Å²) in [5.41, 5.74) is 0.600. The van der Waals surface area contributed by atoms with E-state index in [9.17, 15) is 0 Å². The maximum Gasteiger partial charge on any atom is -0.0354 e. The molecule has 0 aromatic carbocycles. The number of rotatable bonds is 1. The van der Waals surface area contributed by atoms with E-state index in [1.165, 1.54) is 83.5 Å². The van der Waals surface area contributed by atoms with Crippen LogP contribution in [0.5, 0.6) is 0 Å². The summed E-state index contributed by atoms with van der Waals surface area (Å²) in [6.07, 6.45) is 19.1. The standard InChI is InChI=1S/C18H36/c1-4-17-13-10-8-6-5-7-9-11-15-18(2,3)16-12-14-17/h17H,4-16H2,1-3H3. The zero-order valence-electron chi connectivity index (χ0n) is 13.3. The van der Waals surface area contributed by atoms with Crippen molar-refractivity contribution >= 4 is 0 Å². The first-order chi connectivity index (χ1) is 8.64. The van der Waals surface area contributed by atoms with Gasteiger partial charge < -0.3 is 0 Å². The average molecular weight is 252 g/mol. The minimum Gasteiger partial charge on any atom is -0.0651 e. The molecule has 1 aliphatic rings. The molecule has 1 atom stereocenters. The third-order valence-electron chi connectivity index (χ3n) is 5.01. The van der Waals surface area contributed by atoms with Crippen LogP contribution in [0.25, 0.3) is 0 Å². The van der Waals surface area contributed by atoms with Gasteiger partial charge >= 0.3 is 0 Å². The van der Waals surface area contributed by atoms with E-state index < -0.39 is 0 Å². The van der Waals surface area contributed by atoms with Gasteiger partial charge in [-0.15, -0.1) is 0 Å². The fourth-order valence-corrected chi connectivity index (χ4v) is 3.47. The summed E-state index contributed by atoms with van der Waals surface area (Å²) in [6.45, 7) is 7.36. The molecule has 0 heteroatoms. The highest BCUT2D eigenvalue weighted by atomic mass is 14.2. The third kappa shape index (κ3) is 7.44. The molecule has 1 fully saturated rings. The van der Waals surface area contributed by atoms with Crippen LogP contribution in [0.4, 0.5) is 0 Å². The van der Waals surface area contributed by atoms with E-state index in [1.54, 1.807) is 0 Å². The summed E-state index contributed by atoms with van der Waals surface area (Å²) in [5, 5.41) is 0. The van der Waals surface area contributed by atoms with E-state index in [4.69, 9.17) is 0 Å². The Morgan fingerprint density at radius 2 is 1.22 bits per heavy atom. The molecule has 0 spiro atoms. The lowest BCUT2D eigenvalue weighted by atomic mass is 9.80. The molecule has 0 aromatic heterocycles. The summed E-state index contributed by atoms with van der Waals surface area (Å²) < 4.78 is 0. The maximum absolute atomic E-state index is 2.49. The minimum absolute atomic E-state index is 0.600. The lowest BCUT2D eigenvalue weighted by Gasteiger charge is -2.26. The Balaban J connectivity index is 2.36. The molecule has 1 rings (SSSR count). The fourth-order valence-electron chi connectivity index (χ4n) is 3.47. The summed E-state index contributed by atoms with van der Waals surface area (Å²) >= 11 is 0. The van der Waals surface area contributed by atoms with Crippen molar-refractivity contribution in [3.63, 3.8) is 0 Å². The van der Waals surface area contributed by atoms with Crippen LogP contribution < -0.4 is 0 Å². The predicted molar refractivity (Wildman–Crippen MR) is 83.0 cm³/mol. The zero-order chi connectivity index (χ0) is 13.3. The van der Waals surface area contributed by atoms with E-state index in [1.807, 2.05) is 0 Å². The molecule has 0 heterocycles. The summed E-state index contributed by atoms with van der Waals surface area (Å²) in [4.78, 5) is 0. The Kier molecular flexibility index (Phi) is 8.02. The Bertz CT molecular complexity index is 192. The highest BCUT2D eigenvalue weighted by Gasteiger charge is 2.18. The predicted octanol–water partition coefficient (Wildman–Crippen LogP) is 6.73. The van der Waals surface area contributed by atoms with Crippen LogP contribution in [0.1, 0.15) is 104 Å². The van der Waals surface area contributed by atoms with Crippen LogP contribution in [-0.2, 0) is 0 Å². The Hall–Kier alpha value is 0. The lowest BCUT2D eigenvalue weighted by molar-refractivity contribution is 0.267. The first-order valence-electron chi connectivity index (χ1n) is 8.64. The second kappa shape index (κ2) is 8.99. The molecule has 1 saturated carbocycles. The first-order valence-corrected chi connectivity index (χ1v) is 8.64. The van der Waals surface area contributed by atoms with Crippen LogP contribution in [0, 0.1) is 11.3 Å². The normalized spacial score (nSPS) is 28.5. The highest BCUT2D eigenvalue weighted by molar-refractivity contribution is 4.70. The Morgan fingerprint density at radius 1 is 0.722 bits per heavy atom. The summed E-state index contributed by atoms with van der Waals surface area (Å²) in [7, 11) is 0. The number of hydrogen-bond acceptors (Lipinski definition) is 0. The van der Waals surface area contributed by atoms with Crippen molar-refractivity contribution in [2.75, 3.05) is 0 Å². The highest BCUT2D eigenvalue weighted by Crippen LogP contribution is 2.32. The Labute approximate surface area is 116 Å². The van der Waals surface area contributed by atoms with Gasteiger partial charge in [0.1, 0.15) is 0 Å². The molecule has 0 aliphatic heterocycles. The quantitative estimate of drug-likeness (QED) is 0.485. The van der Waals surface area contributed by atoms with Gasteiger partial charge in [-0.25, -0.2) is 0 Å². The van der Waals surface area contributed by atoms with E-state index in [-0.39, 0.29) is 0 Å². The topological polar surface area (TPSA) is 0 Å². The van der Waals surface area contributed by atoms with Crippen LogP contribution in [0.3, 0.4) is 0 Å². The van der Waals surface area contributed by atoms with Gasteiger partial charge in [0, 0.05) is 0 Å². The van der Waals surface area contributed by atoms with Gasteiger partial charge in [0.15, 0.2) is 0 Å². The van der Waals surface area contributed by atoms with Crippen LogP contribution in [0.15, 0.2) is 0 Å². The van der Waals surface area contributed by atoms with E-state index in [2.05, 4.69) is 20.8 Å². The van der Waals surface area contributed by atoms with Gasteiger partial charge in [0.05, 0.1) is 0 Å². The van der Waals surface area contributed by atoms with E-state index >= 15 is 0 Å². The molecule has 0 bridgehead atoms. The molecule has 0 N–H and O–H groups in total. The van der Waals surface area contributed by atoms with Gasteiger partial charge in [-0.2, -0.15) is 0 Å². The molecular weight excluding hydrogens is 216 g/mol. The van der Waals surface area contributed by atoms with Crippen molar-refractivity contribution < 1.29 is 0 Å². The SMILES string of the molecule is CCC1CCCCCCCCCC(C)(C)CCC1. The van der Waals surface area contributed by atoms with Gasteiger partial charge in [-0.1, -0.05) is 91.4 Å². The monoisotopic (exact) mass is 252 g/mol. The van der Waals surface area contributed by atoms with Crippen LogP contribution >= 0.6 is 0 Å². The molecule has 108 valence electrons. The second-order valence-corrected chi connectivity index (χ2v) is 7.34. The zero-order valence-corrected chi connectivity index (χ0v) is 13.3. The Morgan fingerprint density at radius 3 is 1.89 bits per heavy atom. The fraction of sp³-hybridized carbons (Fsp3) is 1.00. The van der Waals surface area contributed by atoms with Crippen molar-refractivity contribution in [3.8, 4) is 0 Å². The average Bonchev–Trinajstić information content (AvgIpc) is 2.33. The molecule has 0 radical (unpaired) electrons. The van der Waals surface area contributed by atoms with E-state index in [0.717, 1.165) is 5.92 Å². The van der Waals surface area contributed by atoms with Crippen molar-refractivity contribution in [1.82, 2.24) is 0 Å². The van der Waals surface area contributed by atoms with Crippen molar-refractivity contribution in [1.29, 1.82) is 0 Å². The molecule has 0 nitrogen and oxygen atoms in total. The van der Waals surface area contributed by atoms with Crippen LogP contribution in [0.2, 0.25) is 0 Å². The lowest BCUT2D eigenvalue weighted by Crippen LogP contribution is -2.12. The molecule has 0 aromatic rings. The van der Waals surface area contributed by atoms with E-state index in [0.29, 0.717) is 5.41 Å². The molecule has 1 aliphatic carbocycles. The van der Waals surface area contributed by atoms with Crippen molar-refractivity contribution in [2.24, 2.45) is 11.3 Å². The molecule has 0 amide bonds. The molecule has 18 heavy (non-hydrogen) atoms. The summed E-state index contributed by atoms with van der Waals surface area (Å²) in [6, 6.07) is 0. The largest absolute Gasteiger partial charge is 0.0651 e. The van der Waals surface area contributed by atoms with Crippen LogP contribution in [-0.4, -0.2) is 0 Å². The molecule has 0 saturated heterocycles. The van der Waals surface area contributed by atoms with Crippen molar-refractivity contribution in [2.45, 2.75) is 104 Å². The van der Waals surface area contributed by atoms with Gasteiger partial charge in [0.2, 0.25) is 0 Å². The molecular formula is C18H36. The molecule has 1 unspecified atom stereocenters. The van der Waals surface area contributed by atoms with Gasteiger partial charge in [-0.05, 0) is 24.2 Å².